The van der Waals surface area contributed by atoms with E-state index in [9.17, 15) is 0 Å². The summed E-state index contributed by atoms with van der Waals surface area (Å²) in [4.78, 5) is 0. The van der Waals surface area contributed by atoms with Crippen molar-refractivity contribution in [3.8, 4) is 0 Å². The molecular formula is C24H26OSi2. The van der Waals surface area contributed by atoms with E-state index in [1.165, 1.54) is 0 Å². The van der Waals surface area contributed by atoms with Crippen molar-refractivity contribution < 1.29 is 4.12 Å². The Morgan fingerprint density at radius 1 is 0.481 bits per heavy atom. The molecule has 0 heterocycles. The molecule has 0 N–H and O–H groups in total. The van der Waals surface area contributed by atoms with Crippen LogP contribution in [0.2, 0.25) is 22.2 Å². The smallest absolute Gasteiger partial charge is 0.226 e. The predicted octanol–water partition coefficient (Wildman–Crippen LogP) is 6.33. The van der Waals surface area contributed by atoms with E-state index in [2.05, 4.69) is 122 Å². The van der Waals surface area contributed by atoms with Crippen LogP contribution < -0.4 is 0 Å². The van der Waals surface area contributed by atoms with Crippen LogP contribution in [0.15, 0.2) is 122 Å². The molecule has 0 unspecified atom stereocenters. The molecule has 0 aromatic rings. The van der Waals surface area contributed by atoms with Crippen molar-refractivity contribution in [2.24, 2.45) is 0 Å². The first kappa shape index (κ1) is 18.2. The van der Waals surface area contributed by atoms with E-state index in [0.29, 0.717) is 22.2 Å². The molecule has 3 heteroatoms. The SMILES string of the molecule is C=C[Si](O[Si](C=C)(C1C=CC=C1)C1C=CC=C1)(C1C=CC=C1)C1C=CC=C1. The highest BCUT2D eigenvalue weighted by atomic mass is 28.4. The molecule has 4 rings (SSSR count). The van der Waals surface area contributed by atoms with Crippen LogP contribution in [0.25, 0.3) is 0 Å². The zero-order valence-corrected chi connectivity index (χ0v) is 17.5. The fourth-order valence-corrected chi connectivity index (χ4v) is 15.1. The average Bonchev–Trinajstić information content (AvgIpc) is 3.52. The lowest BCUT2D eigenvalue weighted by Crippen LogP contribution is -2.57. The maximum absolute atomic E-state index is 7.49. The van der Waals surface area contributed by atoms with Crippen LogP contribution in [0, 0.1) is 0 Å². The van der Waals surface area contributed by atoms with Crippen LogP contribution in [-0.2, 0) is 4.12 Å². The third kappa shape index (κ3) is 2.96. The average molecular weight is 387 g/mol. The molecule has 0 radical (unpaired) electrons. The van der Waals surface area contributed by atoms with Gasteiger partial charge >= 0.3 is 0 Å². The molecule has 0 saturated heterocycles. The van der Waals surface area contributed by atoms with Gasteiger partial charge in [-0.3, -0.25) is 0 Å². The van der Waals surface area contributed by atoms with E-state index >= 15 is 0 Å². The molecule has 0 aromatic heterocycles. The van der Waals surface area contributed by atoms with Gasteiger partial charge in [-0.05, 0) is 0 Å². The minimum Gasteiger partial charge on any atom is -0.447 e. The lowest BCUT2D eigenvalue weighted by Gasteiger charge is -2.47. The summed E-state index contributed by atoms with van der Waals surface area (Å²) in [5, 5.41) is 0. The summed E-state index contributed by atoms with van der Waals surface area (Å²) in [6.45, 7) is 8.62. The number of rotatable bonds is 8. The topological polar surface area (TPSA) is 9.23 Å². The quantitative estimate of drug-likeness (QED) is 0.443. The Morgan fingerprint density at radius 2 is 0.704 bits per heavy atom. The van der Waals surface area contributed by atoms with Gasteiger partial charge in [0.2, 0.25) is 16.6 Å². The van der Waals surface area contributed by atoms with E-state index in [-0.39, 0.29) is 0 Å². The molecule has 0 bridgehead atoms. The molecule has 0 fully saturated rings. The minimum atomic E-state index is -2.42. The molecule has 0 atom stereocenters. The second-order valence-corrected chi connectivity index (χ2v) is 15.1. The standard InChI is InChI=1S/C24H26OSi2/c1-3-26(21-13-5-6-14-21,22-15-7-8-16-22)25-27(4-2,23-17-9-10-18-23)24-19-11-12-20-24/h3-24H,1-2H2. The van der Waals surface area contributed by atoms with Crippen LogP contribution in [-0.4, -0.2) is 16.6 Å². The second kappa shape index (κ2) is 7.43. The van der Waals surface area contributed by atoms with Gasteiger partial charge in [-0.15, -0.1) is 13.2 Å². The van der Waals surface area contributed by atoms with Crippen molar-refractivity contribution in [3.63, 3.8) is 0 Å². The zero-order chi connectivity index (χ0) is 18.7. The second-order valence-electron chi connectivity index (χ2n) is 7.40. The molecule has 0 aliphatic heterocycles. The molecule has 1 nitrogen and oxygen atoms in total. The number of hydrogen-bond donors (Lipinski definition) is 0. The lowest BCUT2D eigenvalue weighted by molar-refractivity contribution is 0.519. The van der Waals surface area contributed by atoms with E-state index in [0.717, 1.165) is 0 Å². The van der Waals surface area contributed by atoms with Gasteiger partial charge in [0, 0.05) is 22.2 Å². The van der Waals surface area contributed by atoms with Crippen LogP contribution >= 0.6 is 0 Å². The van der Waals surface area contributed by atoms with E-state index in [1.54, 1.807) is 0 Å². The highest BCUT2D eigenvalue weighted by Crippen LogP contribution is 2.50. The first-order valence-corrected chi connectivity index (χ1v) is 13.9. The molecule has 27 heavy (non-hydrogen) atoms. The van der Waals surface area contributed by atoms with Crippen LogP contribution in [0.1, 0.15) is 0 Å². The van der Waals surface area contributed by atoms with Crippen molar-refractivity contribution in [1.29, 1.82) is 0 Å². The Labute approximate surface area is 164 Å². The third-order valence-corrected chi connectivity index (χ3v) is 15.9. The molecule has 4 aliphatic carbocycles. The lowest BCUT2D eigenvalue weighted by atomic mass is 10.4. The molecule has 0 amide bonds. The minimum absolute atomic E-state index is 0.294. The highest BCUT2D eigenvalue weighted by Gasteiger charge is 2.54. The van der Waals surface area contributed by atoms with Gasteiger partial charge in [0.15, 0.2) is 0 Å². The van der Waals surface area contributed by atoms with Crippen molar-refractivity contribution in [2.75, 3.05) is 0 Å². The summed E-state index contributed by atoms with van der Waals surface area (Å²) in [6.07, 6.45) is 35.4. The first-order valence-electron chi connectivity index (χ1n) is 9.62. The first-order chi connectivity index (χ1) is 13.2. The largest absolute Gasteiger partial charge is 0.447 e. The Balaban J connectivity index is 1.83. The summed E-state index contributed by atoms with van der Waals surface area (Å²) in [6, 6.07) is 0. The summed E-state index contributed by atoms with van der Waals surface area (Å²) in [5.41, 5.74) is 5.51. The fourth-order valence-electron chi connectivity index (χ4n) is 4.58. The predicted molar refractivity (Wildman–Crippen MR) is 121 cm³/mol. The van der Waals surface area contributed by atoms with Crippen molar-refractivity contribution in [1.82, 2.24) is 0 Å². The summed E-state index contributed by atoms with van der Waals surface area (Å²) < 4.78 is 7.49. The maximum atomic E-state index is 7.49. The van der Waals surface area contributed by atoms with E-state index in [1.807, 2.05) is 0 Å². The van der Waals surface area contributed by atoms with E-state index in [4.69, 9.17) is 4.12 Å². The van der Waals surface area contributed by atoms with Crippen LogP contribution in [0.4, 0.5) is 0 Å². The van der Waals surface area contributed by atoms with Gasteiger partial charge in [0.05, 0.1) is 0 Å². The summed E-state index contributed by atoms with van der Waals surface area (Å²) in [5.74, 6) is 0. The summed E-state index contributed by atoms with van der Waals surface area (Å²) in [7, 11) is -4.85. The Morgan fingerprint density at radius 3 is 0.889 bits per heavy atom. The molecule has 4 aliphatic rings. The Bertz CT molecular complexity index is 676. The Kier molecular flexibility index (Phi) is 5.00. The zero-order valence-electron chi connectivity index (χ0n) is 15.5. The van der Waals surface area contributed by atoms with Crippen molar-refractivity contribution >= 4 is 16.6 Å². The highest BCUT2D eigenvalue weighted by molar-refractivity contribution is 6.96. The fraction of sp³-hybridized carbons (Fsp3) is 0.167. The summed E-state index contributed by atoms with van der Waals surface area (Å²) >= 11 is 0. The van der Waals surface area contributed by atoms with Gasteiger partial charge < -0.3 is 4.12 Å². The van der Waals surface area contributed by atoms with Gasteiger partial charge in [-0.25, -0.2) is 0 Å². The molecular weight excluding hydrogens is 360 g/mol. The van der Waals surface area contributed by atoms with Gasteiger partial charge in [-0.1, -0.05) is 109 Å². The number of allylic oxidation sites excluding steroid dienone is 16. The number of hydrogen-bond acceptors (Lipinski definition) is 1. The molecule has 136 valence electrons. The van der Waals surface area contributed by atoms with Crippen LogP contribution in [0.3, 0.4) is 0 Å². The maximum Gasteiger partial charge on any atom is 0.226 e. The third-order valence-electron chi connectivity index (χ3n) is 6.07. The van der Waals surface area contributed by atoms with Gasteiger partial charge in [0.25, 0.3) is 0 Å². The van der Waals surface area contributed by atoms with E-state index < -0.39 is 16.6 Å². The Hall–Kier alpha value is -2.21. The van der Waals surface area contributed by atoms with Gasteiger partial charge in [0.1, 0.15) is 0 Å². The molecule has 0 spiro atoms. The van der Waals surface area contributed by atoms with Crippen molar-refractivity contribution in [3.05, 3.63) is 122 Å². The van der Waals surface area contributed by atoms with Crippen molar-refractivity contribution in [2.45, 2.75) is 22.2 Å². The monoisotopic (exact) mass is 386 g/mol. The van der Waals surface area contributed by atoms with Crippen LogP contribution in [0.5, 0.6) is 0 Å². The molecule has 0 saturated carbocycles. The normalized spacial score (nSPS) is 22.2. The van der Waals surface area contributed by atoms with Gasteiger partial charge in [-0.2, -0.15) is 0 Å². The molecule has 0 aromatic carbocycles.